The lowest BCUT2D eigenvalue weighted by molar-refractivity contribution is -0.384. The molecule has 1 aromatic rings. The van der Waals surface area contributed by atoms with Crippen LogP contribution in [0.1, 0.15) is 6.92 Å². The topological polar surface area (TPSA) is 102 Å². The van der Waals surface area contributed by atoms with Gasteiger partial charge in [0.05, 0.1) is 12.0 Å². The molecule has 1 rings (SSSR count). The molecule has 0 bridgehead atoms. The van der Waals surface area contributed by atoms with E-state index >= 15 is 0 Å². The summed E-state index contributed by atoms with van der Waals surface area (Å²) in [6.07, 6.45) is -5.17. The number of nitro benzene ring substituents is 1. The van der Waals surface area contributed by atoms with Gasteiger partial charge in [0, 0.05) is 12.1 Å². The molecule has 0 radical (unpaired) electrons. The fourth-order valence-electron chi connectivity index (χ4n) is 1.42. The molecule has 7 nitrogen and oxygen atoms in total. The number of nitrogens with one attached hydrogen (secondary N) is 1. The quantitative estimate of drug-likeness (QED) is 0.640. The Morgan fingerprint density at radius 1 is 1.43 bits per heavy atom. The first-order valence-electron chi connectivity index (χ1n) is 5.43. The van der Waals surface area contributed by atoms with E-state index in [0.717, 1.165) is 12.1 Å². The van der Waals surface area contributed by atoms with Gasteiger partial charge in [-0.2, -0.15) is 13.2 Å². The molecule has 0 amide bonds. The molecule has 0 heterocycles. The highest BCUT2D eigenvalue weighted by molar-refractivity contribution is 5.85. The number of hydrogen-bond acceptors (Lipinski definition) is 5. The Bertz CT molecular complexity index is 575. The average Bonchev–Trinajstić information content (AvgIpc) is 2.36. The molecule has 0 aromatic heterocycles. The Morgan fingerprint density at radius 3 is 2.38 bits per heavy atom. The van der Waals surface area contributed by atoms with Crippen LogP contribution in [0.15, 0.2) is 18.2 Å². The molecule has 0 spiro atoms. The molecule has 2 N–H and O–H groups in total. The number of nitrogens with zero attached hydrogens (tertiary/aromatic N) is 1. The molecule has 0 aliphatic carbocycles. The van der Waals surface area contributed by atoms with Gasteiger partial charge < -0.3 is 15.2 Å². The SMILES string of the molecule is COc1ccc([N+](=O)[O-])c(NC(C)(C(=O)O)C(F)(F)F)c1. The van der Waals surface area contributed by atoms with Crippen LogP contribution in [0.5, 0.6) is 5.75 Å². The van der Waals surface area contributed by atoms with Gasteiger partial charge in [-0.1, -0.05) is 0 Å². The second-order valence-electron chi connectivity index (χ2n) is 4.19. The van der Waals surface area contributed by atoms with Gasteiger partial charge in [-0.25, -0.2) is 4.79 Å². The summed E-state index contributed by atoms with van der Waals surface area (Å²) in [6.45, 7) is 0.374. The molecular formula is C11H11F3N2O5. The molecule has 116 valence electrons. The van der Waals surface area contributed by atoms with Crippen molar-refractivity contribution in [3.05, 3.63) is 28.3 Å². The maximum absolute atomic E-state index is 12.9. The lowest BCUT2D eigenvalue weighted by Gasteiger charge is -2.29. The van der Waals surface area contributed by atoms with Crippen molar-refractivity contribution in [2.24, 2.45) is 0 Å². The van der Waals surface area contributed by atoms with Crippen molar-refractivity contribution in [3.8, 4) is 5.75 Å². The van der Waals surface area contributed by atoms with Crippen molar-refractivity contribution in [1.29, 1.82) is 0 Å². The number of anilines is 1. The van der Waals surface area contributed by atoms with E-state index in [1.807, 2.05) is 0 Å². The van der Waals surface area contributed by atoms with Crippen LogP contribution in [0.4, 0.5) is 24.5 Å². The first kappa shape index (κ1) is 16.5. The number of carboxylic acid groups (broad SMARTS) is 1. The minimum atomic E-state index is -5.17. The number of hydrogen-bond donors (Lipinski definition) is 2. The molecule has 1 unspecified atom stereocenters. The number of ether oxygens (including phenoxy) is 1. The summed E-state index contributed by atoms with van der Waals surface area (Å²) in [7, 11) is 1.21. The van der Waals surface area contributed by atoms with Crippen LogP contribution in [0.2, 0.25) is 0 Å². The second kappa shape index (κ2) is 5.46. The summed E-state index contributed by atoms with van der Waals surface area (Å²) in [5.41, 5.74) is -4.70. The Labute approximate surface area is 116 Å². The van der Waals surface area contributed by atoms with Gasteiger partial charge in [-0.15, -0.1) is 0 Å². The molecule has 1 atom stereocenters. The largest absolute Gasteiger partial charge is 0.497 e. The maximum atomic E-state index is 12.9. The van der Waals surface area contributed by atoms with Crippen LogP contribution in [0.3, 0.4) is 0 Å². The van der Waals surface area contributed by atoms with Crippen molar-refractivity contribution in [2.45, 2.75) is 18.6 Å². The highest BCUT2D eigenvalue weighted by Crippen LogP contribution is 2.37. The van der Waals surface area contributed by atoms with Crippen LogP contribution < -0.4 is 10.1 Å². The third-order valence-corrected chi connectivity index (χ3v) is 2.78. The number of nitro groups is 1. The van der Waals surface area contributed by atoms with Gasteiger partial charge in [0.25, 0.3) is 5.69 Å². The predicted octanol–water partition coefficient (Wildman–Crippen LogP) is 2.42. The molecule has 0 saturated carbocycles. The first-order valence-corrected chi connectivity index (χ1v) is 5.43. The number of carbonyl (C=O) groups is 1. The zero-order valence-electron chi connectivity index (χ0n) is 10.9. The van der Waals surface area contributed by atoms with Crippen LogP contribution in [0, 0.1) is 10.1 Å². The van der Waals surface area contributed by atoms with E-state index in [1.165, 1.54) is 13.2 Å². The normalized spacial score (nSPS) is 14.1. The summed E-state index contributed by atoms with van der Waals surface area (Å²) in [5, 5.41) is 21.3. The van der Waals surface area contributed by atoms with Crippen LogP contribution >= 0.6 is 0 Å². The van der Waals surface area contributed by atoms with E-state index < -0.39 is 34.0 Å². The van der Waals surface area contributed by atoms with Crippen molar-refractivity contribution >= 4 is 17.3 Å². The molecule has 0 aliphatic rings. The number of rotatable bonds is 5. The minimum absolute atomic E-state index is 0.0398. The van der Waals surface area contributed by atoms with Gasteiger partial charge >= 0.3 is 12.1 Å². The zero-order valence-corrected chi connectivity index (χ0v) is 10.9. The van der Waals surface area contributed by atoms with Gasteiger partial charge in [-0.3, -0.25) is 10.1 Å². The fourth-order valence-corrected chi connectivity index (χ4v) is 1.42. The minimum Gasteiger partial charge on any atom is -0.497 e. The summed E-state index contributed by atoms with van der Waals surface area (Å²) < 4.78 is 43.5. The van der Waals surface area contributed by atoms with Crippen molar-refractivity contribution in [3.63, 3.8) is 0 Å². The van der Waals surface area contributed by atoms with Crippen molar-refractivity contribution < 1.29 is 32.7 Å². The van der Waals surface area contributed by atoms with E-state index in [0.29, 0.717) is 6.92 Å². The Balaban J connectivity index is 3.38. The average molecular weight is 308 g/mol. The van der Waals surface area contributed by atoms with E-state index in [9.17, 15) is 28.1 Å². The number of carboxylic acids is 1. The predicted molar refractivity (Wildman–Crippen MR) is 65.4 cm³/mol. The summed E-state index contributed by atoms with van der Waals surface area (Å²) in [6, 6.07) is 3.01. The van der Waals surface area contributed by atoms with Crippen molar-refractivity contribution in [2.75, 3.05) is 12.4 Å². The van der Waals surface area contributed by atoms with Crippen LogP contribution in [-0.4, -0.2) is 34.8 Å². The van der Waals surface area contributed by atoms with E-state index in [1.54, 1.807) is 5.32 Å². The molecule has 0 saturated heterocycles. The lowest BCUT2D eigenvalue weighted by Crippen LogP contribution is -2.55. The fraction of sp³-hybridized carbons (Fsp3) is 0.364. The number of alkyl halides is 3. The van der Waals surface area contributed by atoms with E-state index in [2.05, 4.69) is 0 Å². The maximum Gasteiger partial charge on any atom is 0.422 e. The molecule has 0 fully saturated rings. The Hall–Kier alpha value is -2.52. The van der Waals surface area contributed by atoms with Gasteiger partial charge in [-0.05, 0) is 13.0 Å². The standard InChI is InChI=1S/C11H11F3N2O5/c1-10(9(17)18,11(12,13)14)15-7-5-6(21-2)3-4-8(7)16(19)20/h3-5,15H,1-2H3,(H,17,18). The summed E-state index contributed by atoms with van der Waals surface area (Å²) >= 11 is 0. The first-order chi connectivity index (χ1) is 9.52. The van der Waals surface area contributed by atoms with E-state index in [-0.39, 0.29) is 5.75 Å². The van der Waals surface area contributed by atoms with Crippen molar-refractivity contribution in [1.82, 2.24) is 0 Å². The zero-order chi connectivity index (χ0) is 16.4. The Kier molecular flexibility index (Phi) is 4.30. The van der Waals surface area contributed by atoms with Gasteiger partial charge in [0.2, 0.25) is 5.54 Å². The number of methoxy groups -OCH3 is 1. The summed E-state index contributed by atoms with van der Waals surface area (Å²) in [4.78, 5) is 20.8. The third-order valence-electron chi connectivity index (χ3n) is 2.78. The monoisotopic (exact) mass is 308 g/mol. The molecule has 1 aromatic carbocycles. The second-order valence-corrected chi connectivity index (χ2v) is 4.19. The van der Waals surface area contributed by atoms with Gasteiger partial charge in [0.1, 0.15) is 11.4 Å². The number of aliphatic carboxylic acids is 1. The smallest absolute Gasteiger partial charge is 0.422 e. The number of halogens is 3. The molecule has 0 aliphatic heterocycles. The van der Waals surface area contributed by atoms with Gasteiger partial charge in [0.15, 0.2) is 0 Å². The summed E-state index contributed by atoms with van der Waals surface area (Å²) in [5.74, 6) is -2.18. The highest BCUT2D eigenvalue weighted by Gasteiger charge is 2.58. The van der Waals surface area contributed by atoms with E-state index in [4.69, 9.17) is 9.84 Å². The van der Waals surface area contributed by atoms with Crippen LogP contribution in [0.25, 0.3) is 0 Å². The lowest BCUT2D eigenvalue weighted by atomic mass is 10.0. The molecular weight excluding hydrogens is 297 g/mol. The Morgan fingerprint density at radius 2 is 2.00 bits per heavy atom. The third kappa shape index (κ3) is 3.15. The molecule has 10 heteroatoms. The number of benzene rings is 1. The molecule has 21 heavy (non-hydrogen) atoms. The highest BCUT2D eigenvalue weighted by atomic mass is 19.4. The van der Waals surface area contributed by atoms with Crippen LogP contribution in [-0.2, 0) is 4.79 Å².